The molecule has 1 aromatic heterocycles. The van der Waals surface area contributed by atoms with E-state index in [1.54, 1.807) is 12.3 Å². The van der Waals surface area contributed by atoms with E-state index in [0.29, 0.717) is 6.42 Å². The number of piperidine rings is 1. The number of esters is 1. The minimum absolute atomic E-state index is 0.00808. The molecule has 1 saturated heterocycles. The van der Waals surface area contributed by atoms with Crippen LogP contribution in [0.4, 0.5) is 8.78 Å². The van der Waals surface area contributed by atoms with Crippen LogP contribution in [0.5, 0.6) is 0 Å². The van der Waals surface area contributed by atoms with E-state index in [2.05, 4.69) is 15.0 Å². The fourth-order valence-corrected chi connectivity index (χ4v) is 3.56. The van der Waals surface area contributed by atoms with Crippen molar-refractivity contribution in [2.45, 2.75) is 37.6 Å². The van der Waals surface area contributed by atoms with Gasteiger partial charge in [0.1, 0.15) is 5.69 Å². The average Bonchev–Trinajstić information content (AvgIpc) is 2.44. The Morgan fingerprint density at radius 3 is 2.76 bits per heavy atom. The number of aromatic nitrogens is 1. The number of nitrogens with zero attached hydrogens (tertiary/aromatic N) is 1. The monoisotopic (exact) mass is 296 g/mol. The zero-order valence-corrected chi connectivity index (χ0v) is 11.9. The maximum atomic E-state index is 13.2. The fourth-order valence-electron chi connectivity index (χ4n) is 3.56. The van der Waals surface area contributed by atoms with E-state index in [1.165, 1.54) is 7.11 Å². The predicted octanol–water partition coefficient (Wildman–Crippen LogP) is 2.71. The molecule has 1 N–H and O–H groups in total. The summed E-state index contributed by atoms with van der Waals surface area (Å²) in [5.74, 6) is -2.97. The van der Waals surface area contributed by atoms with Crippen LogP contribution in [-0.4, -0.2) is 30.5 Å². The van der Waals surface area contributed by atoms with Gasteiger partial charge in [-0.05, 0) is 36.4 Å². The minimum Gasteiger partial charge on any atom is -0.464 e. The molecule has 2 aliphatic rings. The molecule has 0 amide bonds. The number of carbonyl (C=O) groups excluding carboxylic acids is 1. The van der Waals surface area contributed by atoms with Gasteiger partial charge in [-0.1, -0.05) is 6.07 Å². The molecular weight excluding hydrogens is 278 g/mol. The third-order valence-electron chi connectivity index (χ3n) is 4.53. The highest BCUT2D eigenvalue weighted by Crippen LogP contribution is 2.58. The highest BCUT2D eigenvalue weighted by molar-refractivity contribution is 5.86. The number of methoxy groups -OCH3 is 1. The molecule has 0 unspecified atom stereocenters. The maximum absolute atomic E-state index is 13.2. The van der Waals surface area contributed by atoms with E-state index in [9.17, 15) is 13.6 Å². The molecule has 2 heterocycles. The molecule has 1 spiro atoms. The third-order valence-corrected chi connectivity index (χ3v) is 4.53. The lowest BCUT2D eigenvalue weighted by atomic mass is 9.59. The lowest BCUT2D eigenvalue weighted by Crippen LogP contribution is -2.52. The first-order valence-corrected chi connectivity index (χ1v) is 7.09. The molecule has 1 aliphatic heterocycles. The number of hydrogen-bond acceptors (Lipinski definition) is 4. The zero-order valence-electron chi connectivity index (χ0n) is 11.9. The third kappa shape index (κ3) is 2.77. The van der Waals surface area contributed by atoms with E-state index in [-0.39, 0.29) is 30.0 Å². The van der Waals surface area contributed by atoms with Gasteiger partial charge in [0.05, 0.1) is 7.11 Å². The Kier molecular flexibility index (Phi) is 3.43. The Balaban J connectivity index is 1.71. The Morgan fingerprint density at radius 2 is 2.19 bits per heavy atom. The van der Waals surface area contributed by atoms with Gasteiger partial charge in [0.25, 0.3) is 0 Å². The largest absolute Gasteiger partial charge is 0.464 e. The smallest absolute Gasteiger partial charge is 0.356 e. The molecular formula is C15H18F2N2O2. The van der Waals surface area contributed by atoms with Crippen LogP contribution >= 0.6 is 0 Å². The number of ether oxygens (including phenoxy) is 1. The number of rotatable bonds is 2. The van der Waals surface area contributed by atoms with Crippen molar-refractivity contribution in [3.05, 3.63) is 29.6 Å². The Bertz CT molecular complexity index is 537. The quantitative estimate of drug-likeness (QED) is 0.853. The molecule has 3 rings (SSSR count). The first-order chi connectivity index (χ1) is 9.93. The number of hydrogen-bond donors (Lipinski definition) is 1. The van der Waals surface area contributed by atoms with Crippen molar-refractivity contribution in [3.63, 3.8) is 0 Å². The molecule has 1 atom stereocenters. The molecule has 21 heavy (non-hydrogen) atoms. The second-order valence-corrected chi connectivity index (χ2v) is 6.14. The lowest BCUT2D eigenvalue weighted by Gasteiger charge is -2.52. The SMILES string of the molecule is COC(=O)c1ccc([C@H]2CC3(CCN2)CC(F)(F)C3)cn1. The molecule has 1 aliphatic carbocycles. The summed E-state index contributed by atoms with van der Waals surface area (Å²) in [6.45, 7) is 0.736. The minimum atomic E-state index is -2.49. The van der Waals surface area contributed by atoms with Crippen molar-refractivity contribution in [1.82, 2.24) is 10.3 Å². The number of carbonyl (C=O) groups is 1. The van der Waals surface area contributed by atoms with Crippen LogP contribution in [-0.2, 0) is 4.74 Å². The average molecular weight is 296 g/mol. The summed E-state index contributed by atoms with van der Waals surface area (Å²) in [5, 5.41) is 3.35. The van der Waals surface area contributed by atoms with Crippen molar-refractivity contribution >= 4 is 5.97 Å². The van der Waals surface area contributed by atoms with Crippen molar-refractivity contribution in [2.24, 2.45) is 5.41 Å². The highest BCUT2D eigenvalue weighted by Gasteiger charge is 2.57. The summed E-state index contributed by atoms with van der Waals surface area (Å²) >= 11 is 0. The summed E-state index contributed by atoms with van der Waals surface area (Å²) in [5.41, 5.74) is 0.944. The zero-order chi connectivity index (χ0) is 15.1. The van der Waals surface area contributed by atoms with Crippen LogP contribution in [0.3, 0.4) is 0 Å². The van der Waals surface area contributed by atoms with Gasteiger partial charge < -0.3 is 10.1 Å². The molecule has 2 fully saturated rings. The molecule has 6 heteroatoms. The van der Waals surface area contributed by atoms with Gasteiger partial charge in [0, 0.05) is 25.1 Å². The highest BCUT2D eigenvalue weighted by atomic mass is 19.3. The van der Waals surface area contributed by atoms with E-state index in [1.807, 2.05) is 6.07 Å². The first kappa shape index (κ1) is 14.4. The van der Waals surface area contributed by atoms with Gasteiger partial charge >= 0.3 is 5.97 Å². The van der Waals surface area contributed by atoms with Crippen LogP contribution in [0.15, 0.2) is 18.3 Å². The summed E-state index contributed by atoms with van der Waals surface area (Å²) in [4.78, 5) is 15.4. The van der Waals surface area contributed by atoms with Gasteiger partial charge in [-0.15, -0.1) is 0 Å². The van der Waals surface area contributed by atoms with Crippen molar-refractivity contribution < 1.29 is 18.3 Å². The molecule has 0 bridgehead atoms. The van der Waals surface area contributed by atoms with E-state index in [4.69, 9.17) is 0 Å². The lowest BCUT2D eigenvalue weighted by molar-refractivity contribution is -0.174. The van der Waals surface area contributed by atoms with Crippen molar-refractivity contribution in [1.29, 1.82) is 0 Å². The number of alkyl halides is 2. The summed E-state index contributed by atoms with van der Waals surface area (Å²) < 4.78 is 31.0. The van der Waals surface area contributed by atoms with Crippen LogP contribution in [0.1, 0.15) is 47.8 Å². The van der Waals surface area contributed by atoms with Gasteiger partial charge in [-0.2, -0.15) is 0 Å². The molecule has 1 saturated carbocycles. The summed E-state index contributed by atoms with van der Waals surface area (Å²) in [6.07, 6.45) is 3.10. The van der Waals surface area contributed by atoms with E-state index < -0.39 is 11.9 Å². The molecule has 4 nitrogen and oxygen atoms in total. The van der Waals surface area contributed by atoms with Crippen LogP contribution in [0, 0.1) is 5.41 Å². The molecule has 0 radical (unpaired) electrons. The van der Waals surface area contributed by atoms with Crippen LogP contribution < -0.4 is 5.32 Å². The summed E-state index contributed by atoms with van der Waals surface area (Å²) in [7, 11) is 1.31. The van der Waals surface area contributed by atoms with E-state index in [0.717, 1.165) is 18.5 Å². The van der Waals surface area contributed by atoms with Crippen molar-refractivity contribution in [3.8, 4) is 0 Å². The van der Waals surface area contributed by atoms with Gasteiger partial charge in [-0.3, -0.25) is 0 Å². The Morgan fingerprint density at radius 1 is 1.43 bits per heavy atom. The van der Waals surface area contributed by atoms with E-state index >= 15 is 0 Å². The maximum Gasteiger partial charge on any atom is 0.356 e. The standard InChI is InChI=1S/C15H18F2N2O2/c1-21-13(20)11-3-2-10(7-19-11)12-6-14(4-5-18-12)8-15(16,17)9-14/h2-3,7,12,18H,4-6,8-9H2,1H3/t12-/m1/s1. The van der Waals surface area contributed by atoms with Crippen LogP contribution in [0.25, 0.3) is 0 Å². The second kappa shape index (κ2) is 5.02. The van der Waals surface area contributed by atoms with Gasteiger partial charge in [-0.25, -0.2) is 18.6 Å². The van der Waals surface area contributed by atoms with Crippen LogP contribution in [0.2, 0.25) is 0 Å². The van der Waals surface area contributed by atoms with Gasteiger partial charge in [0.2, 0.25) is 5.92 Å². The topological polar surface area (TPSA) is 51.2 Å². The Labute approximate surface area is 121 Å². The molecule has 114 valence electrons. The molecule has 1 aromatic rings. The predicted molar refractivity (Wildman–Crippen MR) is 72.2 cm³/mol. The number of nitrogens with one attached hydrogen (secondary N) is 1. The summed E-state index contributed by atoms with van der Waals surface area (Å²) in [6, 6.07) is 3.45. The number of pyridine rings is 1. The Hall–Kier alpha value is -1.56. The number of halogens is 2. The fraction of sp³-hybridized carbons (Fsp3) is 0.600. The normalized spacial score (nSPS) is 26.1. The second-order valence-electron chi connectivity index (χ2n) is 6.14. The van der Waals surface area contributed by atoms with Crippen molar-refractivity contribution in [2.75, 3.05) is 13.7 Å². The van der Waals surface area contributed by atoms with Gasteiger partial charge in [0.15, 0.2) is 0 Å². The molecule has 0 aromatic carbocycles. The first-order valence-electron chi connectivity index (χ1n) is 7.09.